The zero-order valence-corrected chi connectivity index (χ0v) is 9.25. The first kappa shape index (κ1) is 10.5. The van der Waals surface area contributed by atoms with Gasteiger partial charge in [-0.05, 0) is 0 Å². The van der Waals surface area contributed by atoms with Crippen LogP contribution in [0.15, 0.2) is 4.99 Å². The van der Waals surface area contributed by atoms with Crippen molar-refractivity contribution in [3.05, 3.63) is 0 Å². The quantitative estimate of drug-likeness (QED) is 0.598. The Hall–Kier alpha value is -1.04. The van der Waals surface area contributed by atoms with E-state index in [1.807, 2.05) is 0 Å². The summed E-state index contributed by atoms with van der Waals surface area (Å²) in [6.45, 7) is 1.17. The maximum absolute atomic E-state index is 11.6. The summed E-state index contributed by atoms with van der Waals surface area (Å²) in [5, 5.41) is 0.756. The lowest BCUT2D eigenvalue weighted by Gasteiger charge is -2.14. The number of carbonyl (C=O) groups is 2. The summed E-state index contributed by atoms with van der Waals surface area (Å²) in [6, 6.07) is 0. The SMILES string of the molecule is COC(=O)C1CC(=O)N(C2=NCCS2)C1. The van der Waals surface area contributed by atoms with Crippen molar-refractivity contribution in [2.45, 2.75) is 6.42 Å². The van der Waals surface area contributed by atoms with E-state index in [1.54, 1.807) is 16.7 Å². The van der Waals surface area contributed by atoms with Crippen LogP contribution in [-0.2, 0) is 14.3 Å². The predicted octanol–water partition coefficient (Wildman–Crippen LogP) is 0.111. The third-order valence-electron chi connectivity index (χ3n) is 2.46. The lowest BCUT2D eigenvalue weighted by atomic mass is 10.1. The Kier molecular flexibility index (Phi) is 2.95. The monoisotopic (exact) mass is 228 g/mol. The number of aliphatic imine (C=N–C) groups is 1. The Bertz CT molecular complexity index is 329. The van der Waals surface area contributed by atoms with E-state index in [0.29, 0.717) is 6.54 Å². The number of amidine groups is 1. The molecule has 15 heavy (non-hydrogen) atoms. The van der Waals surface area contributed by atoms with Gasteiger partial charge in [-0.15, -0.1) is 0 Å². The number of nitrogens with zero attached hydrogens (tertiary/aromatic N) is 2. The van der Waals surface area contributed by atoms with E-state index < -0.39 is 0 Å². The number of hydrogen-bond donors (Lipinski definition) is 0. The predicted molar refractivity (Wildman–Crippen MR) is 56.6 cm³/mol. The zero-order valence-electron chi connectivity index (χ0n) is 8.43. The summed E-state index contributed by atoms with van der Waals surface area (Å²) in [4.78, 5) is 28.7. The first-order valence-corrected chi connectivity index (χ1v) is 5.76. The molecule has 1 amide bonds. The molecule has 0 N–H and O–H groups in total. The van der Waals surface area contributed by atoms with Crippen LogP contribution in [0.1, 0.15) is 6.42 Å². The van der Waals surface area contributed by atoms with Crippen molar-refractivity contribution in [3.63, 3.8) is 0 Å². The molecule has 1 saturated heterocycles. The highest BCUT2D eigenvalue weighted by atomic mass is 32.2. The van der Waals surface area contributed by atoms with Crippen LogP contribution in [0.3, 0.4) is 0 Å². The number of likely N-dealkylation sites (tertiary alicyclic amines) is 1. The van der Waals surface area contributed by atoms with Gasteiger partial charge in [0.2, 0.25) is 5.91 Å². The summed E-state index contributed by atoms with van der Waals surface area (Å²) >= 11 is 1.57. The van der Waals surface area contributed by atoms with Gasteiger partial charge in [0, 0.05) is 18.7 Å². The second kappa shape index (κ2) is 4.22. The van der Waals surface area contributed by atoms with Crippen LogP contribution in [0, 0.1) is 5.92 Å². The number of thioether (sulfide) groups is 1. The maximum Gasteiger partial charge on any atom is 0.311 e. The van der Waals surface area contributed by atoms with Gasteiger partial charge in [0.1, 0.15) is 0 Å². The molecule has 0 saturated carbocycles. The molecule has 0 spiro atoms. The molecule has 2 aliphatic rings. The van der Waals surface area contributed by atoms with E-state index in [9.17, 15) is 9.59 Å². The number of carbonyl (C=O) groups excluding carboxylic acids is 2. The van der Waals surface area contributed by atoms with Gasteiger partial charge in [-0.25, -0.2) is 0 Å². The largest absolute Gasteiger partial charge is 0.469 e. The van der Waals surface area contributed by atoms with E-state index >= 15 is 0 Å². The fourth-order valence-electron chi connectivity index (χ4n) is 1.70. The lowest BCUT2D eigenvalue weighted by Crippen LogP contribution is -2.30. The van der Waals surface area contributed by atoms with Crippen molar-refractivity contribution in [2.75, 3.05) is 26.0 Å². The minimum Gasteiger partial charge on any atom is -0.469 e. The molecule has 1 unspecified atom stereocenters. The summed E-state index contributed by atoms with van der Waals surface area (Å²) < 4.78 is 4.63. The second-order valence-corrected chi connectivity index (χ2v) is 4.50. The van der Waals surface area contributed by atoms with Crippen molar-refractivity contribution < 1.29 is 14.3 Å². The highest BCUT2D eigenvalue weighted by molar-refractivity contribution is 8.14. The molecule has 2 rings (SSSR count). The molecule has 0 aromatic rings. The number of amides is 1. The van der Waals surface area contributed by atoms with Crippen LogP contribution >= 0.6 is 11.8 Å². The average Bonchev–Trinajstić information content (AvgIpc) is 2.84. The van der Waals surface area contributed by atoms with E-state index in [2.05, 4.69) is 9.73 Å². The van der Waals surface area contributed by atoms with Gasteiger partial charge in [-0.3, -0.25) is 19.5 Å². The van der Waals surface area contributed by atoms with Gasteiger partial charge in [-0.1, -0.05) is 11.8 Å². The van der Waals surface area contributed by atoms with Crippen LogP contribution in [0.4, 0.5) is 0 Å². The Balaban J connectivity index is 2.04. The number of hydrogen-bond acceptors (Lipinski definition) is 5. The van der Waals surface area contributed by atoms with Crippen LogP contribution < -0.4 is 0 Å². The normalized spacial score (nSPS) is 25.7. The van der Waals surface area contributed by atoms with Crippen LogP contribution in [-0.4, -0.2) is 47.9 Å². The second-order valence-electron chi connectivity index (χ2n) is 3.44. The Morgan fingerprint density at radius 3 is 3.07 bits per heavy atom. The molecule has 5 nitrogen and oxygen atoms in total. The van der Waals surface area contributed by atoms with Gasteiger partial charge in [0.05, 0.1) is 19.6 Å². The minimum absolute atomic E-state index is 0.0291. The van der Waals surface area contributed by atoms with Crippen molar-refractivity contribution >= 4 is 28.8 Å². The lowest BCUT2D eigenvalue weighted by molar-refractivity contribution is -0.145. The summed E-state index contributed by atoms with van der Waals surface area (Å²) in [5.74, 6) is 0.251. The molecule has 0 aromatic carbocycles. The van der Waals surface area contributed by atoms with Crippen LogP contribution in [0.5, 0.6) is 0 Å². The molecular weight excluding hydrogens is 216 g/mol. The Morgan fingerprint density at radius 2 is 2.47 bits per heavy atom. The number of esters is 1. The van der Waals surface area contributed by atoms with Crippen molar-refractivity contribution in [3.8, 4) is 0 Å². The van der Waals surface area contributed by atoms with E-state index in [-0.39, 0.29) is 24.2 Å². The molecule has 1 atom stereocenters. The summed E-state index contributed by atoms with van der Waals surface area (Å²) in [7, 11) is 1.34. The van der Waals surface area contributed by atoms with Gasteiger partial charge < -0.3 is 4.74 Å². The topological polar surface area (TPSA) is 59.0 Å². The van der Waals surface area contributed by atoms with Crippen molar-refractivity contribution in [1.82, 2.24) is 4.90 Å². The number of rotatable bonds is 1. The molecule has 0 bridgehead atoms. The standard InChI is InChI=1S/C9H12N2O3S/c1-14-8(13)6-4-7(12)11(5-6)9-10-2-3-15-9/h6H,2-5H2,1H3. The first-order valence-electron chi connectivity index (χ1n) is 4.78. The third kappa shape index (κ3) is 1.99. The van der Waals surface area contributed by atoms with Gasteiger partial charge >= 0.3 is 5.97 Å². The van der Waals surface area contributed by atoms with Gasteiger partial charge in [0.25, 0.3) is 0 Å². The number of ether oxygens (including phenoxy) is 1. The fourth-order valence-corrected chi connectivity index (χ4v) is 2.58. The highest BCUT2D eigenvalue weighted by Gasteiger charge is 2.37. The number of methoxy groups -OCH3 is 1. The van der Waals surface area contributed by atoms with E-state index in [4.69, 9.17) is 0 Å². The van der Waals surface area contributed by atoms with Gasteiger partial charge in [-0.2, -0.15) is 0 Å². The summed E-state index contributed by atoms with van der Waals surface area (Å²) in [6.07, 6.45) is 0.242. The molecule has 0 aliphatic carbocycles. The third-order valence-corrected chi connectivity index (χ3v) is 3.45. The average molecular weight is 228 g/mol. The molecule has 2 aliphatic heterocycles. The molecular formula is C9H12N2O3S. The van der Waals surface area contributed by atoms with E-state index in [0.717, 1.165) is 17.5 Å². The smallest absolute Gasteiger partial charge is 0.311 e. The highest BCUT2D eigenvalue weighted by Crippen LogP contribution is 2.25. The molecule has 0 aromatic heterocycles. The Morgan fingerprint density at radius 1 is 1.67 bits per heavy atom. The summed E-state index contributed by atoms with van der Waals surface area (Å²) in [5.41, 5.74) is 0. The maximum atomic E-state index is 11.6. The molecule has 0 radical (unpaired) electrons. The Labute approximate surface area is 91.9 Å². The molecule has 2 heterocycles. The van der Waals surface area contributed by atoms with Crippen LogP contribution in [0.25, 0.3) is 0 Å². The minimum atomic E-state index is -0.327. The van der Waals surface area contributed by atoms with Gasteiger partial charge in [0.15, 0.2) is 5.17 Å². The molecule has 1 fully saturated rings. The molecule has 6 heteroatoms. The van der Waals surface area contributed by atoms with Crippen molar-refractivity contribution in [2.24, 2.45) is 10.9 Å². The van der Waals surface area contributed by atoms with Crippen molar-refractivity contribution in [1.29, 1.82) is 0 Å². The fraction of sp³-hybridized carbons (Fsp3) is 0.667. The van der Waals surface area contributed by atoms with Crippen LogP contribution in [0.2, 0.25) is 0 Å². The van der Waals surface area contributed by atoms with E-state index in [1.165, 1.54) is 7.11 Å². The first-order chi connectivity index (χ1) is 7.22. The zero-order chi connectivity index (χ0) is 10.8. The molecule has 82 valence electrons.